The van der Waals surface area contributed by atoms with Crippen molar-refractivity contribution in [1.82, 2.24) is 0 Å². The molecule has 146 valence electrons. The number of hydrogen-bond acceptors (Lipinski definition) is 4. The van der Waals surface area contributed by atoms with Gasteiger partial charge >= 0.3 is 5.97 Å². The zero-order valence-electron chi connectivity index (χ0n) is 16.9. The van der Waals surface area contributed by atoms with Crippen molar-refractivity contribution in [3.8, 4) is 0 Å². The fourth-order valence-corrected chi connectivity index (χ4v) is 4.33. The molecular formula is C23H30O4. The molecule has 1 aromatic carbocycles. The summed E-state index contributed by atoms with van der Waals surface area (Å²) in [7, 11) is 1.28. The standard InChI is InChI=1S/C23H30O4/c1-15-10-9-13-23(3,4)20(15)18(24)14-16(2)19(22(26)27-5)21(25)17-11-7-6-8-12-17/h6-12,15-16,19-20H,13-14H2,1-5H3. The highest BCUT2D eigenvalue weighted by Gasteiger charge is 2.42. The van der Waals surface area contributed by atoms with Gasteiger partial charge in [-0.15, -0.1) is 0 Å². The van der Waals surface area contributed by atoms with Crippen molar-refractivity contribution in [3.63, 3.8) is 0 Å². The normalized spacial score (nSPS) is 23.3. The van der Waals surface area contributed by atoms with E-state index in [1.807, 2.05) is 6.07 Å². The number of hydrogen-bond donors (Lipinski definition) is 0. The molecule has 0 aliphatic heterocycles. The van der Waals surface area contributed by atoms with E-state index in [-0.39, 0.29) is 35.2 Å². The lowest BCUT2D eigenvalue weighted by atomic mass is 9.64. The molecule has 4 unspecified atom stereocenters. The lowest BCUT2D eigenvalue weighted by molar-refractivity contribution is -0.145. The number of ether oxygens (including phenoxy) is 1. The van der Waals surface area contributed by atoms with Crippen molar-refractivity contribution in [3.05, 3.63) is 48.0 Å². The molecule has 0 spiro atoms. The Balaban J connectivity index is 2.22. The van der Waals surface area contributed by atoms with E-state index >= 15 is 0 Å². The van der Waals surface area contributed by atoms with Gasteiger partial charge in [0.05, 0.1) is 7.11 Å². The summed E-state index contributed by atoms with van der Waals surface area (Å²) >= 11 is 0. The molecule has 4 atom stereocenters. The maximum atomic E-state index is 13.1. The van der Waals surface area contributed by atoms with Crippen LogP contribution >= 0.6 is 0 Å². The third-order valence-electron chi connectivity index (χ3n) is 5.69. The van der Waals surface area contributed by atoms with Gasteiger partial charge in [0.1, 0.15) is 11.7 Å². The molecule has 0 radical (unpaired) electrons. The molecule has 1 aromatic rings. The lowest BCUT2D eigenvalue weighted by Crippen LogP contribution is -2.40. The Morgan fingerprint density at radius 1 is 1.19 bits per heavy atom. The molecule has 2 rings (SSSR count). The quantitative estimate of drug-likeness (QED) is 0.307. The fourth-order valence-electron chi connectivity index (χ4n) is 4.33. The number of allylic oxidation sites excluding steroid dienone is 2. The average Bonchev–Trinajstić information content (AvgIpc) is 2.61. The monoisotopic (exact) mass is 370 g/mol. The number of esters is 1. The van der Waals surface area contributed by atoms with Crippen LogP contribution in [0.3, 0.4) is 0 Å². The molecule has 4 heteroatoms. The summed E-state index contributed by atoms with van der Waals surface area (Å²) in [4.78, 5) is 38.4. The van der Waals surface area contributed by atoms with Crippen LogP contribution in [0.15, 0.2) is 42.5 Å². The van der Waals surface area contributed by atoms with Gasteiger partial charge < -0.3 is 4.74 Å². The van der Waals surface area contributed by atoms with E-state index in [2.05, 4.69) is 32.9 Å². The molecule has 4 nitrogen and oxygen atoms in total. The highest BCUT2D eigenvalue weighted by atomic mass is 16.5. The molecule has 27 heavy (non-hydrogen) atoms. The van der Waals surface area contributed by atoms with E-state index in [1.165, 1.54) is 7.11 Å². The second-order valence-corrected chi connectivity index (χ2v) is 8.34. The molecule has 0 saturated heterocycles. The maximum absolute atomic E-state index is 13.1. The summed E-state index contributed by atoms with van der Waals surface area (Å²) in [6, 6.07) is 8.71. The molecule has 0 heterocycles. The summed E-state index contributed by atoms with van der Waals surface area (Å²) in [5, 5.41) is 0. The van der Waals surface area contributed by atoms with Gasteiger partial charge in [-0.3, -0.25) is 14.4 Å². The van der Waals surface area contributed by atoms with Gasteiger partial charge in [-0.05, 0) is 23.7 Å². The zero-order valence-corrected chi connectivity index (χ0v) is 16.9. The summed E-state index contributed by atoms with van der Waals surface area (Å²) in [6.45, 7) is 8.05. The molecule has 0 bridgehead atoms. The summed E-state index contributed by atoms with van der Waals surface area (Å²) in [5.41, 5.74) is 0.330. The number of rotatable bonds is 7. The molecule has 0 aromatic heterocycles. The highest BCUT2D eigenvalue weighted by molar-refractivity contribution is 6.09. The van der Waals surface area contributed by atoms with Crippen molar-refractivity contribution < 1.29 is 19.1 Å². The van der Waals surface area contributed by atoms with Gasteiger partial charge in [0, 0.05) is 17.9 Å². The first-order valence-corrected chi connectivity index (χ1v) is 9.55. The van der Waals surface area contributed by atoms with Gasteiger partial charge in [0.2, 0.25) is 0 Å². The minimum Gasteiger partial charge on any atom is -0.468 e. The summed E-state index contributed by atoms with van der Waals surface area (Å²) in [6.07, 6.45) is 5.26. The second-order valence-electron chi connectivity index (χ2n) is 8.34. The number of ketones is 2. The third-order valence-corrected chi connectivity index (χ3v) is 5.69. The van der Waals surface area contributed by atoms with E-state index in [0.29, 0.717) is 5.56 Å². The predicted molar refractivity (Wildman–Crippen MR) is 105 cm³/mol. The fraction of sp³-hybridized carbons (Fsp3) is 0.522. The van der Waals surface area contributed by atoms with Gasteiger partial charge in [0.15, 0.2) is 5.78 Å². The Hall–Kier alpha value is -2.23. The van der Waals surface area contributed by atoms with E-state index in [9.17, 15) is 14.4 Å². The number of carbonyl (C=O) groups is 3. The van der Waals surface area contributed by atoms with Gasteiger partial charge in [-0.2, -0.15) is 0 Å². The molecular weight excluding hydrogens is 340 g/mol. The maximum Gasteiger partial charge on any atom is 0.316 e. The molecule has 0 saturated carbocycles. The molecule has 0 amide bonds. The van der Waals surface area contributed by atoms with Crippen LogP contribution in [-0.2, 0) is 14.3 Å². The Labute approximate surface area is 162 Å². The third kappa shape index (κ3) is 4.74. The van der Waals surface area contributed by atoms with E-state index in [1.54, 1.807) is 31.2 Å². The SMILES string of the molecule is COC(=O)C(C(=O)c1ccccc1)C(C)CC(=O)C1C(C)C=CCC1(C)C. The summed E-state index contributed by atoms with van der Waals surface area (Å²) < 4.78 is 4.88. The number of carbonyl (C=O) groups excluding carboxylic acids is 3. The van der Waals surface area contributed by atoms with Crippen LogP contribution in [0.4, 0.5) is 0 Å². The van der Waals surface area contributed by atoms with Gasteiger partial charge in [-0.25, -0.2) is 0 Å². The molecule has 0 N–H and O–H groups in total. The van der Waals surface area contributed by atoms with Crippen molar-refractivity contribution in [2.45, 2.75) is 40.5 Å². The Bertz CT molecular complexity index is 717. The Morgan fingerprint density at radius 3 is 2.37 bits per heavy atom. The first-order chi connectivity index (χ1) is 12.7. The van der Waals surface area contributed by atoms with Gasteiger partial charge in [-0.1, -0.05) is 70.2 Å². The van der Waals surface area contributed by atoms with E-state index in [0.717, 1.165) is 6.42 Å². The summed E-state index contributed by atoms with van der Waals surface area (Å²) in [5.74, 6) is -2.13. The van der Waals surface area contributed by atoms with Crippen LogP contribution in [0, 0.1) is 29.1 Å². The first-order valence-electron chi connectivity index (χ1n) is 9.55. The lowest BCUT2D eigenvalue weighted by Gasteiger charge is -2.39. The average molecular weight is 370 g/mol. The largest absolute Gasteiger partial charge is 0.468 e. The van der Waals surface area contributed by atoms with Crippen molar-refractivity contribution in [2.75, 3.05) is 7.11 Å². The van der Waals surface area contributed by atoms with Crippen LogP contribution in [-0.4, -0.2) is 24.6 Å². The van der Waals surface area contributed by atoms with Crippen LogP contribution in [0.5, 0.6) is 0 Å². The minimum atomic E-state index is -0.973. The van der Waals surface area contributed by atoms with Crippen molar-refractivity contribution >= 4 is 17.5 Å². The van der Waals surface area contributed by atoms with Gasteiger partial charge in [0.25, 0.3) is 0 Å². The predicted octanol–water partition coefficient (Wildman–Crippen LogP) is 4.49. The van der Waals surface area contributed by atoms with E-state index < -0.39 is 17.8 Å². The van der Waals surface area contributed by atoms with Crippen molar-refractivity contribution in [2.24, 2.45) is 29.1 Å². The number of methoxy groups -OCH3 is 1. The van der Waals surface area contributed by atoms with Crippen LogP contribution in [0.1, 0.15) is 50.9 Å². The zero-order chi connectivity index (χ0) is 20.2. The smallest absolute Gasteiger partial charge is 0.316 e. The minimum absolute atomic E-state index is 0.110. The topological polar surface area (TPSA) is 60.4 Å². The molecule has 1 aliphatic rings. The molecule has 1 aliphatic carbocycles. The number of benzene rings is 1. The Kier molecular flexibility index (Phi) is 6.74. The Morgan fingerprint density at radius 2 is 1.81 bits per heavy atom. The van der Waals surface area contributed by atoms with Crippen LogP contribution in [0.2, 0.25) is 0 Å². The van der Waals surface area contributed by atoms with Crippen LogP contribution in [0.25, 0.3) is 0 Å². The molecule has 0 fully saturated rings. The second kappa shape index (κ2) is 8.64. The number of Topliss-reactive ketones (excluding diaryl/α,β-unsaturated/α-hetero) is 2. The highest BCUT2D eigenvalue weighted by Crippen LogP contribution is 2.42. The van der Waals surface area contributed by atoms with Crippen molar-refractivity contribution in [1.29, 1.82) is 0 Å². The van der Waals surface area contributed by atoms with Crippen LogP contribution < -0.4 is 0 Å². The first kappa shape index (κ1) is 21.1. The van der Waals surface area contributed by atoms with E-state index in [4.69, 9.17) is 4.74 Å².